The van der Waals surface area contributed by atoms with Crippen molar-refractivity contribution in [3.05, 3.63) is 56.2 Å². The highest BCUT2D eigenvalue weighted by Gasteiger charge is 2.31. The highest BCUT2D eigenvalue weighted by atomic mass is 35.5. The molecular formula is C16H16Cl2N4O4S. The van der Waals surface area contributed by atoms with E-state index in [1.54, 1.807) is 13.0 Å². The normalized spacial score (nSPS) is 15.7. The van der Waals surface area contributed by atoms with E-state index in [0.29, 0.717) is 24.5 Å². The van der Waals surface area contributed by atoms with Crippen LogP contribution in [0.5, 0.6) is 0 Å². The number of halogens is 2. The standard InChI is InChI=1S/C16H16Cl2N4O4S/c1-11-9-12(22(23)24)10-19-16(11)20-5-7-21(8-6-20)27(25,26)14-4-2-3-13(17)15(14)18/h2-4,9-10H,5-8H2,1H3. The second-order valence-electron chi connectivity index (χ2n) is 6.03. The minimum absolute atomic E-state index is 0.00877. The Morgan fingerprint density at radius 1 is 1.19 bits per heavy atom. The fourth-order valence-corrected chi connectivity index (χ4v) is 5.10. The summed E-state index contributed by atoms with van der Waals surface area (Å²) in [4.78, 5) is 16.4. The van der Waals surface area contributed by atoms with Crippen molar-refractivity contribution in [3.8, 4) is 0 Å². The van der Waals surface area contributed by atoms with Crippen LogP contribution in [-0.2, 0) is 10.0 Å². The maximum atomic E-state index is 12.9. The number of piperazine rings is 1. The van der Waals surface area contributed by atoms with E-state index in [-0.39, 0.29) is 33.7 Å². The predicted octanol–water partition coefficient (Wildman–Crippen LogP) is 3.12. The van der Waals surface area contributed by atoms with E-state index in [4.69, 9.17) is 23.2 Å². The van der Waals surface area contributed by atoms with Crippen molar-refractivity contribution in [1.82, 2.24) is 9.29 Å². The lowest BCUT2D eigenvalue weighted by atomic mass is 10.2. The minimum Gasteiger partial charge on any atom is -0.354 e. The molecule has 0 unspecified atom stereocenters. The molecule has 1 aliphatic rings. The summed E-state index contributed by atoms with van der Waals surface area (Å²) in [6, 6.07) is 5.96. The first kappa shape index (κ1) is 19.8. The van der Waals surface area contributed by atoms with Crippen LogP contribution >= 0.6 is 23.2 Å². The van der Waals surface area contributed by atoms with Crippen molar-refractivity contribution < 1.29 is 13.3 Å². The van der Waals surface area contributed by atoms with Gasteiger partial charge in [-0.1, -0.05) is 29.3 Å². The highest BCUT2D eigenvalue weighted by Crippen LogP contribution is 2.32. The lowest BCUT2D eigenvalue weighted by Crippen LogP contribution is -2.49. The zero-order chi connectivity index (χ0) is 19.8. The van der Waals surface area contributed by atoms with Crippen molar-refractivity contribution in [2.45, 2.75) is 11.8 Å². The van der Waals surface area contributed by atoms with Gasteiger partial charge in [-0.05, 0) is 24.6 Å². The van der Waals surface area contributed by atoms with Gasteiger partial charge < -0.3 is 4.90 Å². The van der Waals surface area contributed by atoms with Gasteiger partial charge in [-0.15, -0.1) is 0 Å². The van der Waals surface area contributed by atoms with E-state index in [0.717, 1.165) is 0 Å². The summed E-state index contributed by atoms with van der Waals surface area (Å²) in [7, 11) is -3.77. The Balaban J connectivity index is 1.77. The molecule has 0 radical (unpaired) electrons. The van der Waals surface area contributed by atoms with E-state index in [1.165, 1.54) is 28.7 Å². The van der Waals surface area contributed by atoms with Crippen molar-refractivity contribution >= 4 is 44.7 Å². The Hall–Kier alpha value is -1.94. The largest absolute Gasteiger partial charge is 0.354 e. The summed E-state index contributed by atoms with van der Waals surface area (Å²) < 4.78 is 27.1. The molecule has 1 saturated heterocycles. The summed E-state index contributed by atoms with van der Waals surface area (Å²) in [6.07, 6.45) is 1.21. The Bertz CT molecular complexity index is 992. The average molecular weight is 431 g/mol. The zero-order valence-electron chi connectivity index (χ0n) is 14.3. The van der Waals surface area contributed by atoms with Gasteiger partial charge in [-0.2, -0.15) is 4.31 Å². The number of benzene rings is 1. The number of aryl methyl sites for hydroxylation is 1. The smallest absolute Gasteiger partial charge is 0.287 e. The molecule has 2 aromatic rings. The molecular weight excluding hydrogens is 415 g/mol. The van der Waals surface area contributed by atoms with Gasteiger partial charge in [0.2, 0.25) is 10.0 Å². The van der Waals surface area contributed by atoms with Crippen LogP contribution in [0.3, 0.4) is 0 Å². The summed E-state index contributed by atoms with van der Waals surface area (Å²) in [5.74, 6) is 0.610. The zero-order valence-corrected chi connectivity index (χ0v) is 16.6. The van der Waals surface area contributed by atoms with Gasteiger partial charge in [0.05, 0.1) is 15.0 Å². The average Bonchev–Trinajstić information content (AvgIpc) is 2.63. The molecule has 27 heavy (non-hydrogen) atoms. The van der Waals surface area contributed by atoms with Crippen LogP contribution in [-0.4, -0.2) is 48.8 Å². The fraction of sp³-hybridized carbons (Fsp3) is 0.312. The fourth-order valence-electron chi connectivity index (χ4n) is 2.95. The molecule has 1 aliphatic heterocycles. The number of rotatable bonds is 4. The van der Waals surface area contributed by atoms with Crippen LogP contribution in [0.4, 0.5) is 11.5 Å². The Labute approximate surface area is 166 Å². The van der Waals surface area contributed by atoms with E-state index < -0.39 is 14.9 Å². The molecule has 2 heterocycles. The van der Waals surface area contributed by atoms with Gasteiger partial charge in [0.1, 0.15) is 16.9 Å². The van der Waals surface area contributed by atoms with Gasteiger partial charge in [0.15, 0.2) is 0 Å². The van der Waals surface area contributed by atoms with Gasteiger partial charge in [-0.3, -0.25) is 10.1 Å². The van der Waals surface area contributed by atoms with Crippen LogP contribution in [0, 0.1) is 17.0 Å². The molecule has 1 aromatic heterocycles. The summed E-state index contributed by atoms with van der Waals surface area (Å²) in [5, 5.41) is 11.0. The van der Waals surface area contributed by atoms with Crippen LogP contribution in [0.15, 0.2) is 35.4 Å². The number of nitro groups is 1. The molecule has 11 heteroatoms. The number of anilines is 1. The molecule has 0 saturated carbocycles. The third-order valence-electron chi connectivity index (χ3n) is 4.32. The maximum Gasteiger partial charge on any atom is 0.287 e. The van der Waals surface area contributed by atoms with Crippen LogP contribution in [0.1, 0.15) is 5.56 Å². The Morgan fingerprint density at radius 3 is 2.44 bits per heavy atom. The highest BCUT2D eigenvalue weighted by molar-refractivity contribution is 7.89. The summed E-state index contributed by atoms with van der Waals surface area (Å²) in [6.45, 7) is 3.03. The molecule has 0 amide bonds. The van der Waals surface area contributed by atoms with Crippen LogP contribution in [0.25, 0.3) is 0 Å². The molecule has 1 fully saturated rings. The Morgan fingerprint density at radius 2 is 1.85 bits per heavy atom. The number of nitrogens with zero attached hydrogens (tertiary/aromatic N) is 4. The third-order valence-corrected chi connectivity index (χ3v) is 7.19. The first-order valence-corrected chi connectivity index (χ1v) is 10.2. The molecule has 8 nitrogen and oxygen atoms in total. The number of pyridine rings is 1. The van der Waals surface area contributed by atoms with Crippen molar-refractivity contribution in [3.63, 3.8) is 0 Å². The minimum atomic E-state index is -3.77. The van der Waals surface area contributed by atoms with Crippen molar-refractivity contribution in [2.24, 2.45) is 0 Å². The second-order valence-corrected chi connectivity index (χ2v) is 8.73. The maximum absolute atomic E-state index is 12.9. The molecule has 0 bridgehead atoms. The van der Waals surface area contributed by atoms with E-state index in [9.17, 15) is 18.5 Å². The molecule has 0 atom stereocenters. The topological polar surface area (TPSA) is 96.7 Å². The van der Waals surface area contributed by atoms with E-state index >= 15 is 0 Å². The number of sulfonamides is 1. The second kappa shape index (κ2) is 7.59. The molecule has 3 rings (SSSR count). The molecule has 0 N–H and O–H groups in total. The SMILES string of the molecule is Cc1cc([N+](=O)[O-])cnc1N1CCN(S(=O)(=O)c2cccc(Cl)c2Cl)CC1. The molecule has 1 aromatic carbocycles. The predicted molar refractivity (Wildman–Crippen MR) is 103 cm³/mol. The molecule has 0 spiro atoms. The van der Waals surface area contributed by atoms with Crippen LogP contribution < -0.4 is 4.90 Å². The Kier molecular flexibility index (Phi) is 5.57. The quantitative estimate of drug-likeness (QED) is 0.545. The van der Waals surface area contributed by atoms with Gasteiger partial charge in [0, 0.05) is 32.2 Å². The third kappa shape index (κ3) is 3.86. The van der Waals surface area contributed by atoms with Gasteiger partial charge >= 0.3 is 0 Å². The number of hydrogen-bond donors (Lipinski definition) is 0. The number of aromatic nitrogens is 1. The van der Waals surface area contributed by atoms with Crippen molar-refractivity contribution in [2.75, 3.05) is 31.1 Å². The first-order valence-electron chi connectivity index (χ1n) is 8.02. The first-order chi connectivity index (χ1) is 12.7. The van der Waals surface area contributed by atoms with E-state index in [1.807, 2.05) is 4.90 Å². The monoisotopic (exact) mass is 430 g/mol. The van der Waals surface area contributed by atoms with Crippen molar-refractivity contribution in [1.29, 1.82) is 0 Å². The molecule has 144 valence electrons. The summed E-state index contributed by atoms with van der Waals surface area (Å²) >= 11 is 12.0. The lowest BCUT2D eigenvalue weighted by molar-refractivity contribution is -0.385. The van der Waals surface area contributed by atoms with Gasteiger partial charge in [0.25, 0.3) is 5.69 Å². The number of hydrogen-bond acceptors (Lipinski definition) is 6. The molecule has 0 aliphatic carbocycles. The van der Waals surface area contributed by atoms with Crippen LogP contribution in [0.2, 0.25) is 10.0 Å². The lowest BCUT2D eigenvalue weighted by Gasteiger charge is -2.35. The van der Waals surface area contributed by atoms with E-state index in [2.05, 4.69) is 4.98 Å². The van der Waals surface area contributed by atoms with Gasteiger partial charge in [-0.25, -0.2) is 13.4 Å². The summed E-state index contributed by atoms with van der Waals surface area (Å²) in [5.41, 5.74) is 0.589.